The first-order valence-electron chi connectivity index (χ1n) is 11.3. The Kier molecular flexibility index (Phi) is 12.2. The lowest BCUT2D eigenvalue weighted by Gasteiger charge is -2.23. The smallest absolute Gasteiger partial charge is 0.426 e. The molecule has 0 saturated heterocycles. The van der Waals surface area contributed by atoms with Crippen LogP contribution in [0.4, 0.5) is 0 Å². The fourth-order valence-electron chi connectivity index (χ4n) is 3.61. The molecule has 2 atom stereocenters. The highest BCUT2D eigenvalue weighted by molar-refractivity contribution is 6.43. The van der Waals surface area contributed by atoms with Gasteiger partial charge in [0.15, 0.2) is 5.03 Å². The zero-order chi connectivity index (χ0) is 25.8. The number of amides is 1. The number of nitrogens with one attached hydrogen (secondary N) is 2. The predicted molar refractivity (Wildman–Crippen MR) is 130 cm³/mol. The number of carbonyl (C=O) groups excluding carboxylic acids is 2. The number of nitrogens with zero attached hydrogens (tertiary/aromatic N) is 2. The average Bonchev–Trinajstić information content (AvgIpc) is 2.71. The highest BCUT2D eigenvalue weighted by Gasteiger charge is 2.30. The van der Waals surface area contributed by atoms with Crippen molar-refractivity contribution in [3.05, 3.63) is 45.0 Å². The fourth-order valence-corrected chi connectivity index (χ4v) is 3.61. The molecule has 1 rings (SSSR count). The van der Waals surface area contributed by atoms with Crippen LogP contribution in [-0.2, 0) is 16.0 Å². The number of aliphatic imine (C=N–C) groups is 1. The van der Waals surface area contributed by atoms with Gasteiger partial charge in [0.05, 0.1) is 5.94 Å². The van der Waals surface area contributed by atoms with E-state index in [0.717, 1.165) is 16.7 Å². The van der Waals surface area contributed by atoms with Gasteiger partial charge in [-0.15, -0.1) is 0 Å². The lowest BCUT2D eigenvalue weighted by Crippen LogP contribution is -2.49. The van der Waals surface area contributed by atoms with Gasteiger partial charge < -0.3 is 21.1 Å². The standard InChI is InChI=1S/C22H36BN5O6/c1-14(2)10-20(23(31)32)26-21(30)17(6-5-9-25-22(24)27-28(33)34)12-19(29)13-18-11-15(3)7-8-16(18)4/h7-8,11,14,17,20,31-32H,5-6,9-10,12-13H2,1-4H3,(H,26,30)(H3,24,25,27)/t17-,20+/m1/s1. The normalized spacial score (nSPS) is 13.3. The zero-order valence-corrected chi connectivity index (χ0v) is 20.3. The van der Waals surface area contributed by atoms with Crippen LogP contribution in [0.15, 0.2) is 23.2 Å². The van der Waals surface area contributed by atoms with Gasteiger partial charge in [-0.05, 0) is 50.2 Å². The van der Waals surface area contributed by atoms with Gasteiger partial charge in [-0.3, -0.25) is 9.59 Å². The maximum atomic E-state index is 13.0. The lowest BCUT2D eigenvalue weighted by atomic mass is 9.74. The van der Waals surface area contributed by atoms with Crippen molar-refractivity contribution in [1.29, 1.82) is 0 Å². The Morgan fingerprint density at radius 1 is 1.26 bits per heavy atom. The summed E-state index contributed by atoms with van der Waals surface area (Å²) in [7, 11) is -1.73. The van der Waals surface area contributed by atoms with Crippen LogP contribution in [-0.4, -0.2) is 52.3 Å². The van der Waals surface area contributed by atoms with Gasteiger partial charge in [-0.1, -0.05) is 43.0 Å². The molecule has 0 aliphatic heterocycles. The maximum Gasteiger partial charge on any atom is 0.475 e. The lowest BCUT2D eigenvalue weighted by molar-refractivity contribution is -0.525. The first-order chi connectivity index (χ1) is 15.9. The van der Waals surface area contributed by atoms with Crippen molar-refractivity contribution in [3.8, 4) is 0 Å². The summed E-state index contributed by atoms with van der Waals surface area (Å²) in [6.45, 7) is 7.79. The minimum absolute atomic E-state index is 0.0263. The third-order valence-corrected chi connectivity index (χ3v) is 5.35. The Bertz CT molecular complexity index is 877. The van der Waals surface area contributed by atoms with Crippen molar-refractivity contribution in [3.63, 3.8) is 0 Å². The number of benzene rings is 1. The van der Waals surface area contributed by atoms with E-state index in [1.807, 2.05) is 45.9 Å². The first-order valence-corrected chi connectivity index (χ1v) is 11.3. The van der Waals surface area contributed by atoms with Crippen LogP contribution in [0.1, 0.15) is 56.2 Å². The van der Waals surface area contributed by atoms with Gasteiger partial charge in [0.1, 0.15) is 5.78 Å². The molecule has 1 aromatic rings. The Balaban J connectivity index is 2.90. The second-order valence-electron chi connectivity index (χ2n) is 8.98. The molecule has 12 heteroatoms. The van der Waals surface area contributed by atoms with E-state index in [9.17, 15) is 29.8 Å². The number of guanidine groups is 1. The number of Topliss-reactive ketones (excluding diaryl/α,β-unsaturated/α-hetero) is 1. The molecule has 0 fully saturated rings. The predicted octanol–water partition coefficient (Wildman–Crippen LogP) is 0.840. The summed E-state index contributed by atoms with van der Waals surface area (Å²) in [5.74, 6) is -2.38. The van der Waals surface area contributed by atoms with Crippen molar-refractivity contribution in [2.24, 2.45) is 22.6 Å². The van der Waals surface area contributed by atoms with E-state index in [4.69, 9.17) is 5.73 Å². The van der Waals surface area contributed by atoms with Gasteiger partial charge in [0, 0.05) is 25.3 Å². The maximum absolute atomic E-state index is 13.0. The Hall–Kier alpha value is -2.99. The molecule has 0 saturated carbocycles. The Morgan fingerprint density at radius 2 is 1.94 bits per heavy atom. The van der Waals surface area contributed by atoms with E-state index >= 15 is 0 Å². The minimum Gasteiger partial charge on any atom is -0.426 e. The topological polar surface area (TPSA) is 180 Å². The van der Waals surface area contributed by atoms with Crippen LogP contribution >= 0.6 is 0 Å². The summed E-state index contributed by atoms with van der Waals surface area (Å²) < 4.78 is 0. The summed E-state index contributed by atoms with van der Waals surface area (Å²) >= 11 is 0. The number of aryl methyl sites for hydroxylation is 2. The number of rotatable bonds is 14. The Labute approximate surface area is 200 Å². The molecule has 0 aromatic heterocycles. The minimum atomic E-state index is -1.73. The molecule has 0 spiro atoms. The monoisotopic (exact) mass is 477 g/mol. The molecule has 188 valence electrons. The number of nitrogens with two attached hydrogens (primary N) is 1. The molecule has 0 heterocycles. The van der Waals surface area contributed by atoms with Gasteiger partial charge in [-0.2, -0.15) is 0 Å². The molecule has 1 aromatic carbocycles. The number of nitro groups is 1. The second-order valence-corrected chi connectivity index (χ2v) is 8.98. The van der Waals surface area contributed by atoms with Crippen LogP contribution in [0.25, 0.3) is 0 Å². The van der Waals surface area contributed by atoms with Crippen LogP contribution in [0, 0.1) is 35.8 Å². The van der Waals surface area contributed by atoms with Crippen molar-refractivity contribution >= 4 is 24.8 Å². The highest BCUT2D eigenvalue weighted by atomic mass is 16.7. The van der Waals surface area contributed by atoms with Crippen molar-refractivity contribution in [2.45, 2.75) is 65.7 Å². The number of hydrogen-bond donors (Lipinski definition) is 5. The summed E-state index contributed by atoms with van der Waals surface area (Å²) in [4.78, 5) is 40.0. The van der Waals surface area contributed by atoms with E-state index in [0.29, 0.717) is 12.8 Å². The largest absolute Gasteiger partial charge is 0.475 e. The second kappa shape index (κ2) is 14.3. The van der Waals surface area contributed by atoms with Gasteiger partial charge in [-0.25, -0.2) is 15.1 Å². The molecular formula is C22H36BN5O6. The molecule has 34 heavy (non-hydrogen) atoms. The average molecular weight is 477 g/mol. The quantitative estimate of drug-likeness (QED) is 0.0653. The van der Waals surface area contributed by atoms with Gasteiger partial charge in [0.25, 0.3) is 5.96 Å². The SMILES string of the molecule is Cc1ccc(C)c(CC(=O)C[C@@H](CCCN=C(N)N[N+](=O)[O-])C(=O)N[C@@H](CC(C)C)B(O)O)c1. The van der Waals surface area contributed by atoms with Crippen LogP contribution in [0.2, 0.25) is 0 Å². The Morgan fingerprint density at radius 3 is 2.53 bits per heavy atom. The summed E-state index contributed by atoms with van der Waals surface area (Å²) in [5.41, 5.74) is 10.1. The molecular weight excluding hydrogens is 441 g/mol. The molecule has 0 aliphatic carbocycles. The van der Waals surface area contributed by atoms with E-state index in [2.05, 4.69) is 10.3 Å². The van der Waals surface area contributed by atoms with Crippen molar-refractivity contribution in [2.75, 3.05) is 6.54 Å². The van der Waals surface area contributed by atoms with Gasteiger partial charge in [0.2, 0.25) is 5.91 Å². The van der Waals surface area contributed by atoms with E-state index in [1.54, 1.807) is 5.43 Å². The summed E-state index contributed by atoms with van der Waals surface area (Å²) in [6.07, 6.45) is 1.15. The molecule has 0 radical (unpaired) electrons. The van der Waals surface area contributed by atoms with Crippen LogP contribution < -0.4 is 16.5 Å². The number of ketones is 1. The fraction of sp³-hybridized carbons (Fsp3) is 0.591. The number of carbonyl (C=O) groups is 2. The van der Waals surface area contributed by atoms with Crippen LogP contribution in [0.3, 0.4) is 0 Å². The molecule has 0 aliphatic rings. The van der Waals surface area contributed by atoms with Gasteiger partial charge >= 0.3 is 7.12 Å². The third kappa shape index (κ3) is 11.2. The number of hydrazine groups is 1. The zero-order valence-electron chi connectivity index (χ0n) is 20.3. The molecule has 11 nitrogen and oxygen atoms in total. The molecule has 1 amide bonds. The van der Waals surface area contributed by atoms with E-state index in [-0.39, 0.29) is 43.5 Å². The molecule has 6 N–H and O–H groups in total. The summed E-state index contributed by atoms with van der Waals surface area (Å²) in [6, 6.07) is 5.86. The van der Waals surface area contributed by atoms with Crippen LogP contribution in [0.5, 0.6) is 0 Å². The van der Waals surface area contributed by atoms with E-state index < -0.39 is 29.9 Å². The third-order valence-electron chi connectivity index (χ3n) is 5.35. The van der Waals surface area contributed by atoms with E-state index in [1.165, 1.54) is 0 Å². The highest BCUT2D eigenvalue weighted by Crippen LogP contribution is 2.18. The first kappa shape index (κ1) is 29.0. The summed E-state index contributed by atoms with van der Waals surface area (Å²) in [5, 5.41) is 31.5. The van der Waals surface area contributed by atoms with Crippen molar-refractivity contribution in [1.82, 2.24) is 10.7 Å². The molecule has 0 bridgehead atoms. The van der Waals surface area contributed by atoms with Crippen molar-refractivity contribution < 1.29 is 24.7 Å². The number of hydrogen-bond acceptors (Lipinski definition) is 7. The molecule has 0 unspecified atom stereocenters.